The molecule has 6 heteroatoms. The highest BCUT2D eigenvalue weighted by atomic mass is 35.5. The van der Waals surface area contributed by atoms with E-state index in [-0.39, 0.29) is 11.9 Å². The van der Waals surface area contributed by atoms with Crippen LogP contribution in [0, 0.1) is 5.82 Å². The molecule has 1 aliphatic rings. The van der Waals surface area contributed by atoms with Crippen molar-refractivity contribution in [1.82, 2.24) is 5.32 Å². The Morgan fingerprint density at radius 1 is 1.22 bits per heavy atom. The third-order valence-corrected chi connectivity index (χ3v) is 5.31. The van der Waals surface area contributed by atoms with Crippen molar-refractivity contribution in [2.45, 2.75) is 12.5 Å². The van der Waals surface area contributed by atoms with Gasteiger partial charge in [0.1, 0.15) is 5.82 Å². The van der Waals surface area contributed by atoms with E-state index < -0.39 is 0 Å². The van der Waals surface area contributed by atoms with Crippen molar-refractivity contribution in [1.29, 1.82) is 0 Å². The monoisotopic (exact) mass is 368 g/mol. The average Bonchev–Trinajstić information content (AvgIpc) is 3.02. The number of hydrogen-bond donors (Lipinski definition) is 1. The van der Waals surface area contributed by atoms with Crippen LogP contribution >= 0.6 is 35.0 Å². The van der Waals surface area contributed by atoms with Crippen LogP contribution in [-0.2, 0) is 6.42 Å². The molecular weight excluding hydrogens is 354 g/mol. The Hall–Kier alpha value is -1.23. The van der Waals surface area contributed by atoms with Crippen molar-refractivity contribution >= 4 is 40.1 Å². The second-order valence-electron chi connectivity index (χ2n) is 5.21. The van der Waals surface area contributed by atoms with Gasteiger partial charge in [0.05, 0.1) is 22.6 Å². The number of amidine groups is 1. The smallest absolute Gasteiger partial charge is 0.157 e. The van der Waals surface area contributed by atoms with Crippen LogP contribution in [0.3, 0.4) is 0 Å². The van der Waals surface area contributed by atoms with Crippen LogP contribution in [0.1, 0.15) is 17.2 Å². The van der Waals surface area contributed by atoms with E-state index in [2.05, 4.69) is 10.3 Å². The summed E-state index contributed by atoms with van der Waals surface area (Å²) in [5.74, 6) is 0.726. The SMILES string of the molecule is Fc1cccc(CC(NC2=NCCS2)c2cccc(Cl)c2Cl)c1. The molecule has 120 valence electrons. The standard InChI is InChI=1S/C17H15Cl2FN2S/c18-14-6-2-5-13(16(14)19)15(22-17-21-7-8-23-17)10-11-3-1-4-12(20)9-11/h1-6,9,15H,7-8,10H2,(H,21,22). The Balaban J connectivity index is 1.91. The summed E-state index contributed by atoms with van der Waals surface area (Å²) in [6.07, 6.45) is 0.595. The largest absolute Gasteiger partial charge is 0.358 e. The molecule has 2 aromatic carbocycles. The van der Waals surface area contributed by atoms with E-state index in [1.54, 1.807) is 23.9 Å². The lowest BCUT2D eigenvalue weighted by Crippen LogP contribution is -2.27. The lowest BCUT2D eigenvalue weighted by atomic mass is 9.99. The van der Waals surface area contributed by atoms with E-state index in [0.29, 0.717) is 16.5 Å². The van der Waals surface area contributed by atoms with Crippen LogP contribution in [0.25, 0.3) is 0 Å². The molecule has 1 atom stereocenters. The highest BCUT2D eigenvalue weighted by Crippen LogP contribution is 2.32. The molecule has 0 spiro atoms. The second-order valence-corrected chi connectivity index (χ2v) is 7.08. The molecular formula is C17H15Cl2FN2S. The Bertz CT molecular complexity index is 736. The lowest BCUT2D eigenvalue weighted by molar-refractivity contribution is 0.614. The number of hydrogen-bond acceptors (Lipinski definition) is 3. The fraction of sp³-hybridized carbons (Fsp3) is 0.235. The highest BCUT2D eigenvalue weighted by molar-refractivity contribution is 8.14. The summed E-state index contributed by atoms with van der Waals surface area (Å²) in [5.41, 5.74) is 1.78. The van der Waals surface area contributed by atoms with Crippen LogP contribution in [0.2, 0.25) is 10.0 Å². The molecule has 3 rings (SSSR count). The summed E-state index contributed by atoms with van der Waals surface area (Å²) in [5, 5.41) is 5.34. The number of benzene rings is 2. The van der Waals surface area contributed by atoms with Crippen LogP contribution in [0.4, 0.5) is 4.39 Å². The van der Waals surface area contributed by atoms with Crippen molar-refractivity contribution in [2.75, 3.05) is 12.3 Å². The Kier molecular flexibility index (Phi) is 5.46. The molecule has 0 radical (unpaired) electrons. The van der Waals surface area contributed by atoms with E-state index in [0.717, 1.165) is 28.6 Å². The van der Waals surface area contributed by atoms with Gasteiger partial charge in [-0.25, -0.2) is 4.39 Å². The van der Waals surface area contributed by atoms with Gasteiger partial charge < -0.3 is 5.32 Å². The summed E-state index contributed by atoms with van der Waals surface area (Å²) < 4.78 is 13.5. The highest BCUT2D eigenvalue weighted by Gasteiger charge is 2.20. The van der Waals surface area contributed by atoms with Gasteiger partial charge in [0, 0.05) is 5.75 Å². The number of rotatable bonds is 4. The van der Waals surface area contributed by atoms with Gasteiger partial charge in [-0.3, -0.25) is 4.99 Å². The third-order valence-electron chi connectivity index (χ3n) is 3.57. The van der Waals surface area contributed by atoms with Gasteiger partial charge in [-0.1, -0.05) is 59.2 Å². The Morgan fingerprint density at radius 2 is 2.04 bits per heavy atom. The topological polar surface area (TPSA) is 24.4 Å². The summed E-state index contributed by atoms with van der Waals surface area (Å²) in [7, 11) is 0. The number of halogens is 3. The van der Waals surface area contributed by atoms with E-state index in [1.807, 2.05) is 18.2 Å². The second kappa shape index (κ2) is 7.56. The number of aliphatic imine (C=N–C) groups is 1. The molecule has 0 saturated carbocycles. The van der Waals surface area contributed by atoms with E-state index in [1.165, 1.54) is 12.1 Å². The molecule has 0 aromatic heterocycles. The van der Waals surface area contributed by atoms with Crippen LogP contribution < -0.4 is 5.32 Å². The Labute approximate surface area is 149 Å². The van der Waals surface area contributed by atoms with Crippen LogP contribution in [0.5, 0.6) is 0 Å². The van der Waals surface area contributed by atoms with Crippen molar-refractivity contribution in [3.8, 4) is 0 Å². The first kappa shape index (κ1) is 16.6. The fourth-order valence-corrected chi connectivity index (χ4v) is 3.72. The molecule has 0 saturated heterocycles. The van der Waals surface area contributed by atoms with Gasteiger partial charge in [-0.2, -0.15) is 0 Å². The van der Waals surface area contributed by atoms with Gasteiger partial charge in [0.25, 0.3) is 0 Å². The van der Waals surface area contributed by atoms with Crippen molar-refractivity contribution in [3.05, 3.63) is 69.5 Å². The normalized spacial score (nSPS) is 15.3. The zero-order valence-corrected chi connectivity index (χ0v) is 14.6. The van der Waals surface area contributed by atoms with Gasteiger partial charge in [-0.15, -0.1) is 0 Å². The molecule has 2 nitrogen and oxygen atoms in total. The maximum absolute atomic E-state index is 13.5. The lowest BCUT2D eigenvalue weighted by Gasteiger charge is -2.21. The maximum atomic E-state index is 13.5. The van der Waals surface area contributed by atoms with Gasteiger partial charge in [0.2, 0.25) is 0 Å². The summed E-state index contributed by atoms with van der Waals surface area (Å²) in [6.45, 7) is 0.808. The first-order valence-corrected chi connectivity index (χ1v) is 9.00. The van der Waals surface area contributed by atoms with Crippen molar-refractivity contribution in [3.63, 3.8) is 0 Å². The zero-order valence-electron chi connectivity index (χ0n) is 12.2. The average molecular weight is 369 g/mol. The molecule has 1 aliphatic heterocycles. The Morgan fingerprint density at radius 3 is 2.78 bits per heavy atom. The third kappa shape index (κ3) is 4.19. The van der Waals surface area contributed by atoms with Crippen molar-refractivity contribution in [2.24, 2.45) is 4.99 Å². The van der Waals surface area contributed by atoms with E-state index >= 15 is 0 Å². The van der Waals surface area contributed by atoms with Crippen molar-refractivity contribution < 1.29 is 4.39 Å². The van der Waals surface area contributed by atoms with Gasteiger partial charge in [-0.05, 0) is 35.7 Å². The molecule has 1 unspecified atom stereocenters. The molecule has 0 amide bonds. The summed E-state index contributed by atoms with van der Waals surface area (Å²) in [6, 6.07) is 12.0. The molecule has 1 N–H and O–H groups in total. The molecule has 2 aromatic rings. The first-order valence-electron chi connectivity index (χ1n) is 7.25. The van der Waals surface area contributed by atoms with Gasteiger partial charge in [0.15, 0.2) is 5.17 Å². The molecule has 0 aliphatic carbocycles. The number of nitrogens with zero attached hydrogens (tertiary/aromatic N) is 1. The van der Waals surface area contributed by atoms with Crippen LogP contribution in [-0.4, -0.2) is 17.5 Å². The quantitative estimate of drug-likeness (QED) is 0.810. The summed E-state index contributed by atoms with van der Waals surface area (Å²) in [4.78, 5) is 4.43. The first-order chi connectivity index (χ1) is 11.1. The maximum Gasteiger partial charge on any atom is 0.157 e. The minimum atomic E-state index is -0.244. The molecule has 0 bridgehead atoms. The summed E-state index contributed by atoms with van der Waals surface area (Å²) >= 11 is 14.2. The molecule has 23 heavy (non-hydrogen) atoms. The van der Waals surface area contributed by atoms with E-state index in [9.17, 15) is 4.39 Å². The van der Waals surface area contributed by atoms with Crippen LogP contribution in [0.15, 0.2) is 47.5 Å². The fourth-order valence-electron chi connectivity index (χ4n) is 2.50. The predicted octanol–water partition coefficient (Wildman–Crippen LogP) is 5.11. The minimum absolute atomic E-state index is 0.118. The number of nitrogens with one attached hydrogen (secondary N) is 1. The number of thioether (sulfide) groups is 1. The molecule has 0 fully saturated rings. The zero-order chi connectivity index (χ0) is 16.2. The minimum Gasteiger partial charge on any atom is -0.358 e. The predicted molar refractivity (Wildman–Crippen MR) is 97.2 cm³/mol. The van der Waals surface area contributed by atoms with E-state index in [4.69, 9.17) is 23.2 Å². The van der Waals surface area contributed by atoms with Gasteiger partial charge >= 0.3 is 0 Å². The molecule has 1 heterocycles.